The molecule has 3 aliphatic heterocycles. The lowest BCUT2D eigenvalue weighted by molar-refractivity contribution is -0.129. The molecule has 0 radical (unpaired) electrons. The number of likely N-dealkylation sites (tertiary alicyclic amines) is 1. The van der Waals surface area contributed by atoms with Crippen LogP contribution in [-0.4, -0.2) is 56.0 Å². The van der Waals surface area contributed by atoms with Crippen LogP contribution in [0.15, 0.2) is 18.2 Å². The van der Waals surface area contributed by atoms with E-state index in [1.54, 1.807) is 0 Å². The van der Waals surface area contributed by atoms with E-state index in [0.717, 1.165) is 88.4 Å². The van der Waals surface area contributed by atoms with Crippen molar-refractivity contribution in [3.63, 3.8) is 0 Å². The second kappa shape index (κ2) is 8.99. The fraction of sp³-hybridized carbons (Fsp3) is 0.720. The first-order chi connectivity index (χ1) is 15.2. The van der Waals surface area contributed by atoms with Crippen molar-refractivity contribution in [1.82, 2.24) is 10.2 Å². The Bertz CT molecular complexity index is 778. The van der Waals surface area contributed by atoms with E-state index in [1.807, 2.05) is 12.1 Å². The van der Waals surface area contributed by atoms with Gasteiger partial charge < -0.3 is 19.5 Å². The molecule has 3 fully saturated rings. The highest BCUT2D eigenvalue weighted by molar-refractivity contribution is 5.88. The summed E-state index contributed by atoms with van der Waals surface area (Å²) < 4.78 is 16.8. The number of fused-ring (bicyclic) bond motifs is 1. The molecule has 170 valence electrons. The lowest BCUT2D eigenvalue weighted by Gasteiger charge is -2.48. The van der Waals surface area contributed by atoms with Crippen LogP contribution >= 0.6 is 0 Å². The Morgan fingerprint density at radius 3 is 2.39 bits per heavy atom. The van der Waals surface area contributed by atoms with E-state index in [4.69, 9.17) is 14.2 Å². The summed E-state index contributed by atoms with van der Waals surface area (Å²) in [7, 11) is 0. The zero-order valence-corrected chi connectivity index (χ0v) is 18.6. The van der Waals surface area contributed by atoms with Gasteiger partial charge in [-0.15, -0.1) is 0 Å². The van der Waals surface area contributed by atoms with Crippen molar-refractivity contribution in [2.45, 2.75) is 75.2 Å². The Morgan fingerprint density at radius 2 is 1.61 bits per heavy atom. The molecule has 4 aliphatic rings. The molecule has 2 saturated heterocycles. The molecule has 0 atom stereocenters. The maximum Gasteiger partial charge on any atom is 0.231 e. The number of piperidine rings is 1. The van der Waals surface area contributed by atoms with Gasteiger partial charge in [-0.3, -0.25) is 9.69 Å². The molecule has 1 aliphatic carbocycles. The number of rotatable bonds is 5. The van der Waals surface area contributed by atoms with Crippen molar-refractivity contribution >= 4 is 5.91 Å². The summed E-state index contributed by atoms with van der Waals surface area (Å²) in [5, 5.41) is 3.46. The summed E-state index contributed by atoms with van der Waals surface area (Å²) in [4.78, 5) is 16.5. The second-order valence-corrected chi connectivity index (χ2v) is 9.78. The van der Waals surface area contributed by atoms with Gasteiger partial charge in [-0.2, -0.15) is 0 Å². The monoisotopic (exact) mass is 428 g/mol. The van der Waals surface area contributed by atoms with Crippen molar-refractivity contribution in [2.24, 2.45) is 0 Å². The van der Waals surface area contributed by atoms with Crippen molar-refractivity contribution < 1.29 is 19.0 Å². The minimum absolute atomic E-state index is 0.0407. The first-order valence-electron chi connectivity index (χ1n) is 12.2. The van der Waals surface area contributed by atoms with Gasteiger partial charge in [-0.1, -0.05) is 31.7 Å². The van der Waals surface area contributed by atoms with Gasteiger partial charge in [0.1, 0.15) is 0 Å². The molecule has 6 nitrogen and oxygen atoms in total. The molecule has 0 aromatic heterocycles. The van der Waals surface area contributed by atoms with Crippen LogP contribution in [0.25, 0.3) is 0 Å². The fourth-order valence-corrected chi connectivity index (χ4v) is 6.13. The lowest BCUT2D eigenvalue weighted by Crippen LogP contribution is -2.61. The number of hydrogen-bond acceptors (Lipinski definition) is 5. The quantitative estimate of drug-likeness (QED) is 0.774. The second-order valence-electron chi connectivity index (χ2n) is 9.78. The molecule has 1 aromatic rings. The Kier molecular flexibility index (Phi) is 6.11. The van der Waals surface area contributed by atoms with Gasteiger partial charge in [0.2, 0.25) is 12.7 Å². The standard InChI is InChI=1S/C25H36N2O4/c28-23(26-18-24(11-15-29-16-12-24)27-13-5-2-6-14-27)25(9-3-1-4-10-25)20-7-8-21-22(17-20)31-19-30-21/h7-8,17H,1-6,9-16,18-19H2,(H,26,28). The van der Waals surface area contributed by atoms with Crippen molar-refractivity contribution in [3.8, 4) is 11.5 Å². The average molecular weight is 429 g/mol. The maximum atomic E-state index is 13.9. The van der Waals surface area contributed by atoms with Crippen LogP contribution in [0.4, 0.5) is 0 Å². The van der Waals surface area contributed by atoms with E-state index in [1.165, 1.54) is 25.7 Å². The Balaban J connectivity index is 1.37. The van der Waals surface area contributed by atoms with Crippen molar-refractivity contribution in [1.29, 1.82) is 0 Å². The molecule has 1 aromatic carbocycles. The number of benzene rings is 1. The van der Waals surface area contributed by atoms with Gasteiger partial charge in [0.15, 0.2) is 11.5 Å². The van der Waals surface area contributed by atoms with Crippen LogP contribution in [0.1, 0.15) is 69.8 Å². The Labute approximate surface area is 185 Å². The molecule has 0 spiro atoms. The summed E-state index contributed by atoms with van der Waals surface area (Å²) in [6, 6.07) is 6.09. The molecule has 5 rings (SSSR count). The normalized spacial score (nSPS) is 25.2. The van der Waals surface area contributed by atoms with E-state index in [2.05, 4.69) is 16.3 Å². The minimum Gasteiger partial charge on any atom is -0.454 e. The summed E-state index contributed by atoms with van der Waals surface area (Å²) in [5.41, 5.74) is 0.653. The third kappa shape index (κ3) is 4.05. The molecule has 1 saturated carbocycles. The van der Waals surface area contributed by atoms with Crippen LogP contribution in [-0.2, 0) is 14.9 Å². The zero-order chi connectivity index (χ0) is 21.2. The fourth-order valence-electron chi connectivity index (χ4n) is 6.13. The van der Waals surface area contributed by atoms with Gasteiger partial charge in [-0.25, -0.2) is 0 Å². The Morgan fingerprint density at radius 1 is 0.903 bits per heavy atom. The average Bonchev–Trinajstić information content (AvgIpc) is 3.32. The largest absolute Gasteiger partial charge is 0.454 e. The molecule has 3 heterocycles. The van der Waals surface area contributed by atoms with Gasteiger partial charge in [-0.05, 0) is 69.3 Å². The van der Waals surface area contributed by atoms with E-state index >= 15 is 0 Å². The van der Waals surface area contributed by atoms with Crippen LogP contribution < -0.4 is 14.8 Å². The number of carbonyl (C=O) groups is 1. The highest BCUT2D eigenvalue weighted by Crippen LogP contribution is 2.44. The van der Waals surface area contributed by atoms with Crippen LogP contribution in [0.3, 0.4) is 0 Å². The van der Waals surface area contributed by atoms with Crippen molar-refractivity contribution in [2.75, 3.05) is 39.6 Å². The molecule has 0 unspecified atom stereocenters. The summed E-state index contributed by atoms with van der Waals surface area (Å²) in [5.74, 6) is 1.74. The number of carbonyl (C=O) groups excluding carboxylic acids is 1. The van der Waals surface area contributed by atoms with Gasteiger partial charge in [0.05, 0.1) is 5.41 Å². The van der Waals surface area contributed by atoms with Gasteiger partial charge in [0.25, 0.3) is 0 Å². The summed E-state index contributed by atoms with van der Waals surface area (Å²) in [6.07, 6.45) is 11.0. The first kappa shape index (κ1) is 21.1. The number of hydrogen-bond donors (Lipinski definition) is 1. The number of nitrogens with zero attached hydrogens (tertiary/aromatic N) is 1. The third-order valence-corrected chi connectivity index (χ3v) is 8.10. The highest BCUT2D eigenvalue weighted by atomic mass is 16.7. The minimum atomic E-state index is -0.465. The van der Waals surface area contributed by atoms with Crippen LogP contribution in [0.2, 0.25) is 0 Å². The lowest BCUT2D eigenvalue weighted by atomic mass is 9.68. The summed E-state index contributed by atoms with van der Waals surface area (Å²) in [6.45, 7) is 4.85. The highest BCUT2D eigenvalue weighted by Gasteiger charge is 2.44. The van der Waals surface area contributed by atoms with E-state index in [9.17, 15) is 4.79 Å². The zero-order valence-electron chi connectivity index (χ0n) is 18.6. The molecule has 0 bridgehead atoms. The number of ether oxygens (including phenoxy) is 3. The maximum absolute atomic E-state index is 13.9. The topological polar surface area (TPSA) is 60.0 Å². The molecule has 1 amide bonds. The van der Waals surface area contributed by atoms with Crippen LogP contribution in [0.5, 0.6) is 11.5 Å². The molecular formula is C25H36N2O4. The SMILES string of the molecule is O=C(NCC1(N2CCCCC2)CCOCC1)C1(c2ccc3c(c2)OCO3)CCCCC1. The Hall–Kier alpha value is -1.79. The van der Waals surface area contributed by atoms with E-state index in [-0.39, 0.29) is 18.2 Å². The van der Waals surface area contributed by atoms with E-state index < -0.39 is 5.41 Å². The predicted octanol–water partition coefficient (Wildman–Crippen LogP) is 3.77. The third-order valence-electron chi connectivity index (χ3n) is 8.10. The molecular weight excluding hydrogens is 392 g/mol. The van der Waals surface area contributed by atoms with Crippen molar-refractivity contribution in [3.05, 3.63) is 23.8 Å². The van der Waals surface area contributed by atoms with Crippen LogP contribution in [0, 0.1) is 0 Å². The number of nitrogens with one attached hydrogen (secondary N) is 1. The smallest absolute Gasteiger partial charge is 0.231 e. The van der Waals surface area contributed by atoms with Gasteiger partial charge in [0, 0.05) is 25.3 Å². The first-order valence-corrected chi connectivity index (χ1v) is 12.2. The van der Waals surface area contributed by atoms with E-state index in [0.29, 0.717) is 0 Å². The molecule has 6 heteroatoms. The molecule has 1 N–H and O–H groups in total. The number of amides is 1. The molecule has 31 heavy (non-hydrogen) atoms. The predicted molar refractivity (Wildman–Crippen MR) is 119 cm³/mol. The summed E-state index contributed by atoms with van der Waals surface area (Å²) >= 11 is 0. The van der Waals surface area contributed by atoms with Gasteiger partial charge >= 0.3 is 0 Å².